The van der Waals surface area contributed by atoms with Crippen LogP contribution in [0.4, 0.5) is 5.69 Å². The summed E-state index contributed by atoms with van der Waals surface area (Å²) in [6.07, 6.45) is 3.14. The summed E-state index contributed by atoms with van der Waals surface area (Å²) in [6, 6.07) is 7.64. The standard InChI is InChI=1S/C16H24N2O3/c1-13(19)17-10-5-3-4-9-16(20)18-15-8-6-7-14(11-15)12-21-2/h6-8,11H,3-5,9-10,12H2,1-2H3,(H,17,19)(H,18,20). The minimum atomic E-state index is -0.0105. The molecule has 0 aliphatic carbocycles. The molecular formula is C16H24N2O3. The smallest absolute Gasteiger partial charge is 0.224 e. The molecule has 0 fully saturated rings. The number of hydrogen-bond acceptors (Lipinski definition) is 3. The van der Waals surface area contributed by atoms with Gasteiger partial charge in [-0.25, -0.2) is 0 Å². The van der Waals surface area contributed by atoms with Gasteiger partial charge in [0, 0.05) is 32.7 Å². The molecule has 1 rings (SSSR count). The van der Waals surface area contributed by atoms with E-state index in [0.29, 0.717) is 19.6 Å². The van der Waals surface area contributed by atoms with Gasteiger partial charge in [0.15, 0.2) is 0 Å². The Bertz CT molecular complexity index is 461. The van der Waals surface area contributed by atoms with Crippen LogP contribution in [0.2, 0.25) is 0 Å². The van der Waals surface area contributed by atoms with Crippen molar-refractivity contribution in [3.8, 4) is 0 Å². The Morgan fingerprint density at radius 1 is 1.19 bits per heavy atom. The average Bonchev–Trinajstić information content (AvgIpc) is 2.43. The largest absolute Gasteiger partial charge is 0.380 e. The minimum absolute atomic E-state index is 0.0105. The molecule has 5 heteroatoms. The zero-order valence-corrected chi connectivity index (χ0v) is 12.8. The predicted octanol–water partition coefficient (Wildman–Crippen LogP) is 2.47. The van der Waals surface area contributed by atoms with E-state index in [4.69, 9.17) is 4.74 Å². The van der Waals surface area contributed by atoms with Gasteiger partial charge in [0.25, 0.3) is 0 Å². The second kappa shape index (κ2) is 9.94. The van der Waals surface area contributed by atoms with Crippen molar-refractivity contribution in [2.45, 2.75) is 39.2 Å². The number of anilines is 1. The summed E-state index contributed by atoms with van der Waals surface area (Å²) >= 11 is 0. The van der Waals surface area contributed by atoms with Gasteiger partial charge in [-0.3, -0.25) is 9.59 Å². The average molecular weight is 292 g/mol. The molecule has 0 aromatic heterocycles. The SMILES string of the molecule is COCc1cccc(NC(=O)CCCCCNC(C)=O)c1. The molecule has 0 aliphatic heterocycles. The number of carbonyl (C=O) groups is 2. The van der Waals surface area contributed by atoms with Gasteiger partial charge < -0.3 is 15.4 Å². The van der Waals surface area contributed by atoms with E-state index in [1.807, 2.05) is 24.3 Å². The molecular weight excluding hydrogens is 268 g/mol. The molecule has 2 N–H and O–H groups in total. The van der Waals surface area contributed by atoms with Gasteiger partial charge in [-0.2, -0.15) is 0 Å². The number of amides is 2. The fourth-order valence-corrected chi connectivity index (χ4v) is 1.98. The quantitative estimate of drug-likeness (QED) is 0.687. The number of ether oxygens (including phenoxy) is 1. The van der Waals surface area contributed by atoms with E-state index in [1.165, 1.54) is 6.92 Å². The number of nitrogens with one attached hydrogen (secondary N) is 2. The molecule has 0 saturated heterocycles. The van der Waals surface area contributed by atoms with Crippen LogP contribution in [0, 0.1) is 0 Å². The molecule has 116 valence electrons. The molecule has 0 aliphatic rings. The molecule has 0 atom stereocenters. The first-order valence-corrected chi connectivity index (χ1v) is 7.24. The van der Waals surface area contributed by atoms with Crippen LogP contribution in [0.5, 0.6) is 0 Å². The van der Waals surface area contributed by atoms with Crippen molar-refractivity contribution in [2.24, 2.45) is 0 Å². The Labute approximate surface area is 126 Å². The summed E-state index contributed by atoms with van der Waals surface area (Å²) < 4.78 is 5.06. The van der Waals surface area contributed by atoms with E-state index in [0.717, 1.165) is 30.5 Å². The predicted molar refractivity (Wildman–Crippen MR) is 82.9 cm³/mol. The summed E-state index contributed by atoms with van der Waals surface area (Å²) in [7, 11) is 1.65. The number of rotatable bonds is 9. The zero-order valence-electron chi connectivity index (χ0n) is 12.8. The maximum atomic E-state index is 11.8. The maximum absolute atomic E-state index is 11.8. The van der Waals surface area contributed by atoms with Gasteiger partial charge in [0.05, 0.1) is 6.61 Å². The molecule has 1 aromatic rings. The molecule has 1 aromatic carbocycles. The van der Waals surface area contributed by atoms with E-state index < -0.39 is 0 Å². The Morgan fingerprint density at radius 3 is 2.71 bits per heavy atom. The van der Waals surface area contributed by atoms with Crippen molar-refractivity contribution < 1.29 is 14.3 Å². The summed E-state index contributed by atoms with van der Waals surface area (Å²) in [5, 5.41) is 5.63. The Morgan fingerprint density at radius 2 is 2.00 bits per heavy atom. The fourth-order valence-electron chi connectivity index (χ4n) is 1.98. The zero-order chi connectivity index (χ0) is 15.5. The van der Waals surface area contributed by atoms with Gasteiger partial charge in [0.2, 0.25) is 11.8 Å². The monoisotopic (exact) mass is 292 g/mol. The van der Waals surface area contributed by atoms with E-state index in [1.54, 1.807) is 7.11 Å². The van der Waals surface area contributed by atoms with Crippen LogP contribution < -0.4 is 10.6 Å². The topological polar surface area (TPSA) is 67.4 Å². The first kappa shape index (κ1) is 17.2. The third kappa shape index (κ3) is 8.09. The van der Waals surface area contributed by atoms with Crippen molar-refractivity contribution in [3.63, 3.8) is 0 Å². The Balaban J connectivity index is 2.21. The number of carbonyl (C=O) groups excluding carboxylic acids is 2. The molecule has 2 amide bonds. The molecule has 0 bridgehead atoms. The molecule has 0 spiro atoms. The highest BCUT2D eigenvalue weighted by molar-refractivity contribution is 5.90. The number of hydrogen-bond donors (Lipinski definition) is 2. The fraction of sp³-hybridized carbons (Fsp3) is 0.500. The number of methoxy groups -OCH3 is 1. The van der Waals surface area contributed by atoms with Crippen LogP contribution in [0.15, 0.2) is 24.3 Å². The van der Waals surface area contributed by atoms with E-state index in [-0.39, 0.29) is 11.8 Å². The lowest BCUT2D eigenvalue weighted by atomic mass is 10.1. The van der Waals surface area contributed by atoms with Gasteiger partial charge in [0.1, 0.15) is 0 Å². The minimum Gasteiger partial charge on any atom is -0.380 e. The number of unbranched alkanes of at least 4 members (excludes halogenated alkanes) is 2. The van der Waals surface area contributed by atoms with Gasteiger partial charge >= 0.3 is 0 Å². The molecule has 5 nitrogen and oxygen atoms in total. The summed E-state index contributed by atoms with van der Waals surface area (Å²) in [5.41, 5.74) is 1.83. The molecule has 21 heavy (non-hydrogen) atoms. The van der Waals surface area contributed by atoms with Crippen molar-refractivity contribution >= 4 is 17.5 Å². The van der Waals surface area contributed by atoms with Gasteiger partial charge in [-0.15, -0.1) is 0 Å². The van der Waals surface area contributed by atoms with Crippen LogP contribution in [0.3, 0.4) is 0 Å². The lowest BCUT2D eigenvalue weighted by Crippen LogP contribution is -2.20. The molecule has 0 heterocycles. The van der Waals surface area contributed by atoms with Crippen LogP contribution >= 0.6 is 0 Å². The lowest BCUT2D eigenvalue weighted by Gasteiger charge is -2.07. The molecule has 0 radical (unpaired) electrons. The normalized spacial score (nSPS) is 10.2. The van der Waals surface area contributed by atoms with E-state index >= 15 is 0 Å². The Hall–Kier alpha value is -1.88. The van der Waals surface area contributed by atoms with Crippen molar-refractivity contribution in [3.05, 3.63) is 29.8 Å². The van der Waals surface area contributed by atoms with Crippen LogP contribution in [0.1, 0.15) is 38.2 Å². The highest BCUT2D eigenvalue weighted by atomic mass is 16.5. The second-order valence-electron chi connectivity index (χ2n) is 4.98. The molecule has 0 unspecified atom stereocenters. The maximum Gasteiger partial charge on any atom is 0.224 e. The van der Waals surface area contributed by atoms with Crippen molar-refractivity contribution in [1.29, 1.82) is 0 Å². The van der Waals surface area contributed by atoms with E-state index in [2.05, 4.69) is 10.6 Å². The summed E-state index contributed by atoms with van der Waals surface area (Å²) in [5.74, 6) is 0.00720. The van der Waals surface area contributed by atoms with Crippen molar-refractivity contribution in [1.82, 2.24) is 5.32 Å². The summed E-state index contributed by atoms with van der Waals surface area (Å²) in [4.78, 5) is 22.5. The van der Waals surface area contributed by atoms with Crippen LogP contribution in [0.25, 0.3) is 0 Å². The third-order valence-corrected chi connectivity index (χ3v) is 2.98. The van der Waals surface area contributed by atoms with Gasteiger partial charge in [-0.05, 0) is 30.5 Å². The molecule has 0 saturated carbocycles. The third-order valence-electron chi connectivity index (χ3n) is 2.98. The van der Waals surface area contributed by atoms with E-state index in [9.17, 15) is 9.59 Å². The van der Waals surface area contributed by atoms with Crippen LogP contribution in [-0.2, 0) is 20.9 Å². The number of benzene rings is 1. The highest BCUT2D eigenvalue weighted by Crippen LogP contribution is 2.12. The first-order chi connectivity index (χ1) is 10.1. The van der Waals surface area contributed by atoms with Crippen LogP contribution in [-0.4, -0.2) is 25.5 Å². The summed E-state index contributed by atoms with van der Waals surface area (Å²) in [6.45, 7) is 2.72. The lowest BCUT2D eigenvalue weighted by molar-refractivity contribution is -0.119. The van der Waals surface area contributed by atoms with Gasteiger partial charge in [-0.1, -0.05) is 18.6 Å². The highest BCUT2D eigenvalue weighted by Gasteiger charge is 2.03. The first-order valence-electron chi connectivity index (χ1n) is 7.24. The second-order valence-corrected chi connectivity index (χ2v) is 4.98. The van der Waals surface area contributed by atoms with Crippen molar-refractivity contribution in [2.75, 3.05) is 19.0 Å². The Kier molecular flexibility index (Phi) is 8.12.